The summed E-state index contributed by atoms with van der Waals surface area (Å²) in [4.78, 5) is 24.2. The second-order valence-electron chi connectivity index (χ2n) is 5.30. The fourth-order valence-corrected chi connectivity index (χ4v) is 3.07. The molecule has 7 heteroatoms. The molecule has 0 aliphatic rings. The first-order valence-electron chi connectivity index (χ1n) is 7.73. The molecule has 1 amide bonds. The highest BCUT2D eigenvalue weighted by molar-refractivity contribution is 9.10. The predicted molar refractivity (Wildman–Crippen MR) is 106 cm³/mol. The lowest BCUT2D eigenvalue weighted by Crippen LogP contribution is -2.13. The zero-order valence-corrected chi connectivity index (χ0v) is 16.0. The van der Waals surface area contributed by atoms with Gasteiger partial charge in [-0.3, -0.25) is 9.59 Å². The quantitative estimate of drug-likeness (QED) is 0.464. The summed E-state index contributed by atoms with van der Waals surface area (Å²) in [5.74, 6) is 0.408. The number of rotatable bonds is 6. The molecule has 0 atom stereocenters. The van der Waals surface area contributed by atoms with Crippen LogP contribution in [0.25, 0.3) is 0 Å². The minimum atomic E-state index is -0.245. The summed E-state index contributed by atoms with van der Waals surface area (Å²) >= 11 is 4.65. The lowest BCUT2D eigenvalue weighted by Gasteiger charge is -2.05. The summed E-state index contributed by atoms with van der Waals surface area (Å²) in [7, 11) is 0. The zero-order valence-electron chi connectivity index (χ0n) is 13.6. The van der Waals surface area contributed by atoms with Gasteiger partial charge in [-0.05, 0) is 36.4 Å². The van der Waals surface area contributed by atoms with Gasteiger partial charge in [0.1, 0.15) is 5.03 Å². The van der Waals surface area contributed by atoms with E-state index in [9.17, 15) is 9.59 Å². The number of thioether (sulfide) groups is 1. The van der Waals surface area contributed by atoms with E-state index in [-0.39, 0.29) is 17.4 Å². The molecular weight excluding hydrogens is 414 g/mol. The van der Waals surface area contributed by atoms with E-state index < -0.39 is 0 Å². The van der Waals surface area contributed by atoms with Crippen molar-refractivity contribution in [1.29, 1.82) is 0 Å². The van der Waals surface area contributed by atoms with E-state index in [0.717, 1.165) is 4.47 Å². The maximum Gasteiger partial charge on any atom is 0.256 e. The molecule has 0 radical (unpaired) electrons. The second-order valence-corrected chi connectivity index (χ2v) is 7.21. The first-order valence-corrected chi connectivity index (χ1v) is 9.51. The first kappa shape index (κ1) is 18.3. The highest BCUT2D eigenvalue weighted by Crippen LogP contribution is 2.18. The van der Waals surface area contributed by atoms with E-state index in [2.05, 4.69) is 31.4 Å². The van der Waals surface area contributed by atoms with E-state index in [1.54, 1.807) is 48.5 Å². The number of halogens is 1. The van der Waals surface area contributed by atoms with E-state index in [0.29, 0.717) is 22.0 Å². The Bertz CT molecular complexity index is 900. The molecule has 26 heavy (non-hydrogen) atoms. The molecule has 5 nitrogen and oxygen atoms in total. The highest BCUT2D eigenvalue weighted by atomic mass is 79.9. The van der Waals surface area contributed by atoms with Crippen molar-refractivity contribution in [3.05, 3.63) is 82.3 Å². The zero-order chi connectivity index (χ0) is 18.4. The molecule has 0 bridgehead atoms. The third-order valence-electron chi connectivity index (χ3n) is 3.43. The number of ketones is 1. The first-order chi connectivity index (χ1) is 12.6. The lowest BCUT2D eigenvalue weighted by atomic mass is 10.2. The second kappa shape index (κ2) is 8.73. The predicted octanol–water partition coefficient (Wildman–Crippen LogP) is 4.47. The molecule has 0 aliphatic heterocycles. The van der Waals surface area contributed by atoms with Gasteiger partial charge in [-0.25, -0.2) is 0 Å². The monoisotopic (exact) mass is 427 g/mol. The third kappa shape index (κ3) is 5.00. The number of amides is 1. The highest BCUT2D eigenvalue weighted by Gasteiger charge is 2.09. The molecule has 3 aromatic rings. The summed E-state index contributed by atoms with van der Waals surface area (Å²) in [5.41, 5.74) is 1.20. The van der Waals surface area contributed by atoms with E-state index in [4.69, 9.17) is 0 Å². The van der Waals surface area contributed by atoms with Crippen molar-refractivity contribution in [1.82, 2.24) is 10.2 Å². The largest absolute Gasteiger partial charge is 0.305 e. The Kier molecular flexibility index (Phi) is 6.14. The standard InChI is InChI=1S/C19H14BrN3O2S/c20-15-8-6-13(7-9-15)16(24)12-26-18-11-10-17(22-23-18)21-19(25)14-4-2-1-3-5-14/h1-11H,12H2,(H,21,22,25). The van der Waals surface area contributed by atoms with Gasteiger partial charge in [0.15, 0.2) is 11.6 Å². The van der Waals surface area contributed by atoms with Crippen LogP contribution < -0.4 is 5.32 Å². The number of nitrogens with zero attached hydrogens (tertiary/aromatic N) is 2. The number of benzene rings is 2. The van der Waals surface area contributed by atoms with Gasteiger partial charge in [0, 0.05) is 15.6 Å². The van der Waals surface area contributed by atoms with Crippen LogP contribution >= 0.6 is 27.7 Å². The van der Waals surface area contributed by atoms with E-state index >= 15 is 0 Å². The van der Waals surface area contributed by atoms with Gasteiger partial charge in [-0.1, -0.05) is 58.0 Å². The molecule has 0 fully saturated rings. The topological polar surface area (TPSA) is 72.0 Å². The SMILES string of the molecule is O=C(CSc1ccc(NC(=O)c2ccccc2)nn1)c1ccc(Br)cc1. The van der Waals surface area contributed by atoms with Gasteiger partial charge in [-0.15, -0.1) is 10.2 Å². The number of aromatic nitrogens is 2. The number of nitrogens with one attached hydrogen (secondary N) is 1. The number of anilines is 1. The third-order valence-corrected chi connectivity index (χ3v) is 4.88. The summed E-state index contributed by atoms with van der Waals surface area (Å²) in [5, 5.41) is 11.3. The lowest BCUT2D eigenvalue weighted by molar-refractivity contribution is 0.101. The Morgan fingerprint density at radius 2 is 1.62 bits per heavy atom. The van der Waals surface area contributed by atoms with Crippen molar-refractivity contribution in [2.45, 2.75) is 5.03 Å². The van der Waals surface area contributed by atoms with Crippen LogP contribution in [0.1, 0.15) is 20.7 Å². The molecule has 0 saturated heterocycles. The number of hydrogen-bond acceptors (Lipinski definition) is 5. The molecule has 3 rings (SSSR count). The molecule has 0 saturated carbocycles. The van der Waals surface area contributed by atoms with Gasteiger partial charge in [0.05, 0.1) is 5.75 Å². The number of carbonyl (C=O) groups is 2. The summed E-state index contributed by atoms with van der Waals surface area (Å²) in [6.45, 7) is 0. The molecule has 0 aliphatic carbocycles. The van der Waals surface area contributed by atoms with Gasteiger partial charge in [0.25, 0.3) is 5.91 Å². The van der Waals surface area contributed by atoms with Crippen LogP contribution in [0.15, 0.2) is 76.2 Å². The van der Waals surface area contributed by atoms with E-state index in [1.807, 2.05) is 18.2 Å². The van der Waals surface area contributed by atoms with Crippen molar-refractivity contribution >= 4 is 45.2 Å². The van der Waals surface area contributed by atoms with Crippen LogP contribution in [0.4, 0.5) is 5.82 Å². The normalized spacial score (nSPS) is 10.3. The van der Waals surface area contributed by atoms with Crippen molar-refractivity contribution in [2.75, 3.05) is 11.1 Å². The number of Topliss-reactive ketones (excluding diaryl/α,β-unsaturated/α-hetero) is 1. The molecule has 1 aromatic heterocycles. The average Bonchev–Trinajstić information content (AvgIpc) is 2.68. The maximum atomic E-state index is 12.2. The summed E-state index contributed by atoms with van der Waals surface area (Å²) in [6, 6.07) is 19.5. The van der Waals surface area contributed by atoms with E-state index in [1.165, 1.54) is 11.8 Å². The minimum absolute atomic E-state index is 0.0192. The van der Waals surface area contributed by atoms with Gasteiger partial charge >= 0.3 is 0 Å². The summed E-state index contributed by atoms with van der Waals surface area (Å²) in [6.07, 6.45) is 0. The van der Waals surface area contributed by atoms with Crippen LogP contribution in [0.3, 0.4) is 0 Å². The smallest absolute Gasteiger partial charge is 0.256 e. The van der Waals surface area contributed by atoms with Crippen LogP contribution in [0.5, 0.6) is 0 Å². The Morgan fingerprint density at radius 1 is 0.885 bits per heavy atom. The van der Waals surface area contributed by atoms with Crippen LogP contribution in [-0.2, 0) is 0 Å². The van der Waals surface area contributed by atoms with Gasteiger partial charge in [0.2, 0.25) is 0 Å². The minimum Gasteiger partial charge on any atom is -0.305 e. The van der Waals surface area contributed by atoms with Crippen LogP contribution in [0, 0.1) is 0 Å². The number of carbonyl (C=O) groups excluding carboxylic acids is 2. The van der Waals surface area contributed by atoms with Gasteiger partial charge in [-0.2, -0.15) is 0 Å². The molecule has 0 spiro atoms. The van der Waals surface area contributed by atoms with Crippen molar-refractivity contribution in [3.8, 4) is 0 Å². The molecule has 1 N–H and O–H groups in total. The Labute approximate surface area is 163 Å². The molecule has 130 valence electrons. The Morgan fingerprint density at radius 3 is 2.27 bits per heavy atom. The Balaban J connectivity index is 1.55. The molecular formula is C19H14BrN3O2S. The molecule has 2 aromatic carbocycles. The van der Waals surface area contributed by atoms with Gasteiger partial charge < -0.3 is 5.32 Å². The van der Waals surface area contributed by atoms with Crippen molar-refractivity contribution < 1.29 is 9.59 Å². The summed E-state index contributed by atoms with van der Waals surface area (Å²) < 4.78 is 0.931. The molecule has 1 heterocycles. The van der Waals surface area contributed by atoms with Crippen molar-refractivity contribution in [2.24, 2.45) is 0 Å². The maximum absolute atomic E-state index is 12.2. The molecule has 0 unspecified atom stereocenters. The van der Waals surface area contributed by atoms with Crippen LogP contribution in [0.2, 0.25) is 0 Å². The fraction of sp³-hybridized carbons (Fsp3) is 0.0526. The number of hydrogen-bond donors (Lipinski definition) is 1. The average molecular weight is 428 g/mol. The van der Waals surface area contributed by atoms with Crippen LogP contribution in [-0.4, -0.2) is 27.6 Å². The fourth-order valence-electron chi connectivity index (χ4n) is 2.10. The van der Waals surface area contributed by atoms with Crippen molar-refractivity contribution in [3.63, 3.8) is 0 Å². The Hall–Kier alpha value is -2.51.